The summed E-state index contributed by atoms with van der Waals surface area (Å²) in [5, 5.41) is 17.5. The van der Waals surface area contributed by atoms with Crippen LogP contribution in [-0.2, 0) is 14.3 Å². The highest BCUT2D eigenvalue weighted by atomic mass is 16.6. The minimum absolute atomic E-state index is 0.778. The number of aliphatic hydroxyl groups is 2. The normalized spacial score (nSPS) is 13.0. The van der Waals surface area contributed by atoms with Crippen LogP contribution in [0.1, 0.15) is 71.1 Å². The molecule has 0 aromatic heterocycles. The molecule has 5 heteroatoms. The van der Waals surface area contributed by atoms with Gasteiger partial charge in [0.1, 0.15) is 0 Å². The van der Waals surface area contributed by atoms with Crippen LogP contribution in [0.5, 0.6) is 0 Å². The van der Waals surface area contributed by atoms with Crippen molar-refractivity contribution >= 4 is 11.9 Å². The maximum absolute atomic E-state index is 11.2. The van der Waals surface area contributed by atoms with E-state index < -0.39 is 24.6 Å². The van der Waals surface area contributed by atoms with Crippen LogP contribution in [-0.4, -0.2) is 34.9 Å². The van der Waals surface area contributed by atoms with E-state index in [2.05, 4.69) is 17.7 Å². The summed E-state index contributed by atoms with van der Waals surface area (Å²) in [7, 11) is 0. The van der Waals surface area contributed by atoms with Crippen molar-refractivity contribution in [1.82, 2.24) is 0 Å². The minimum Gasteiger partial charge on any atom is -0.393 e. The highest BCUT2D eigenvalue weighted by Gasteiger charge is 2.17. The average Bonchev–Trinajstić information content (AvgIpc) is 2.64. The Morgan fingerprint density at radius 3 is 2.08 bits per heavy atom. The van der Waals surface area contributed by atoms with Gasteiger partial charge in [0.25, 0.3) is 0 Å². The van der Waals surface area contributed by atoms with E-state index in [0.29, 0.717) is 0 Å². The van der Waals surface area contributed by atoms with Crippen LogP contribution in [0.2, 0.25) is 0 Å². The van der Waals surface area contributed by atoms with Gasteiger partial charge in [0.2, 0.25) is 0 Å². The lowest BCUT2D eigenvalue weighted by atomic mass is 10.1. The van der Waals surface area contributed by atoms with Crippen molar-refractivity contribution in [2.75, 3.05) is 6.61 Å². The zero-order chi connectivity index (χ0) is 19.5. The fraction of sp³-hybridized carbons (Fsp3) is 0.619. The van der Waals surface area contributed by atoms with Gasteiger partial charge >= 0.3 is 11.9 Å². The highest BCUT2D eigenvalue weighted by Crippen LogP contribution is 2.10. The van der Waals surface area contributed by atoms with Gasteiger partial charge in [-0.25, -0.2) is 9.59 Å². The highest BCUT2D eigenvalue weighted by molar-refractivity contribution is 5.93. The Bertz CT molecular complexity index is 451. The molecule has 0 fully saturated rings. The third-order valence-corrected chi connectivity index (χ3v) is 3.82. The van der Waals surface area contributed by atoms with Crippen molar-refractivity contribution in [3.05, 3.63) is 36.5 Å². The summed E-state index contributed by atoms with van der Waals surface area (Å²) in [4.78, 5) is 22.3. The Morgan fingerprint density at radius 1 is 0.885 bits per heavy atom. The minimum atomic E-state index is -1.69. The summed E-state index contributed by atoms with van der Waals surface area (Å²) in [6.07, 6.45) is 21.2. The maximum Gasteiger partial charge on any atom is 0.345 e. The van der Waals surface area contributed by atoms with Crippen LogP contribution in [0, 0.1) is 0 Å². The van der Waals surface area contributed by atoms with Gasteiger partial charge in [-0.15, -0.1) is 0 Å². The van der Waals surface area contributed by atoms with E-state index in [1.165, 1.54) is 63.9 Å². The van der Waals surface area contributed by atoms with E-state index in [0.717, 1.165) is 12.5 Å². The molecule has 1 unspecified atom stereocenters. The molecule has 0 aliphatic rings. The largest absolute Gasteiger partial charge is 0.393 e. The molecule has 1 atom stereocenters. The monoisotopic (exact) mass is 366 g/mol. The number of aliphatic hydroxyl groups excluding tert-OH is 2. The fourth-order valence-corrected chi connectivity index (χ4v) is 2.29. The lowest BCUT2D eigenvalue weighted by molar-refractivity contribution is -0.164. The number of hydrogen-bond acceptors (Lipinski definition) is 5. The molecule has 0 aromatic rings. The lowest BCUT2D eigenvalue weighted by Gasteiger charge is -2.03. The van der Waals surface area contributed by atoms with E-state index >= 15 is 0 Å². The van der Waals surface area contributed by atoms with Crippen molar-refractivity contribution in [1.29, 1.82) is 0 Å². The number of hydrogen-bond donors (Lipinski definition) is 2. The van der Waals surface area contributed by atoms with Crippen molar-refractivity contribution in [3.8, 4) is 0 Å². The molecule has 148 valence electrons. The Morgan fingerprint density at radius 2 is 1.46 bits per heavy atom. The Hall–Kier alpha value is -1.72. The molecule has 0 spiro atoms. The van der Waals surface area contributed by atoms with Crippen LogP contribution in [0.4, 0.5) is 0 Å². The summed E-state index contributed by atoms with van der Waals surface area (Å²) in [5.41, 5.74) is 0. The number of esters is 2. The summed E-state index contributed by atoms with van der Waals surface area (Å²) in [6, 6.07) is 0. The van der Waals surface area contributed by atoms with E-state index in [1.807, 2.05) is 6.08 Å². The Balaban J connectivity index is 3.61. The van der Waals surface area contributed by atoms with Crippen molar-refractivity contribution in [3.63, 3.8) is 0 Å². The van der Waals surface area contributed by atoms with E-state index in [-0.39, 0.29) is 0 Å². The van der Waals surface area contributed by atoms with E-state index in [4.69, 9.17) is 10.2 Å². The molecule has 26 heavy (non-hydrogen) atoms. The average molecular weight is 366 g/mol. The van der Waals surface area contributed by atoms with Crippen LogP contribution < -0.4 is 0 Å². The third-order valence-electron chi connectivity index (χ3n) is 3.82. The summed E-state index contributed by atoms with van der Waals surface area (Å²) < 4.78 is 4.30. The molecule has 0 saturated heterocycles. The van der Waals surface area contributed by atoms with Gasteiger partial charge in [-0.05, 0) is 12.8 Å². The molecule has 0 saturated carbocycles. The van der Waals surface area contributed by atoms with Gasteiger partial charge in [0.15, 0.2) is 6.10 Å². The second kappa shape index (κ2) is 18.1. The number of unbranched alkanes of at least 4 members (excludes halogenated alkanes) is 9. The van der Waals surface area contributed by atoms with Crippen LogP contribution in [0.3, 0.4) is 0 Å². The molecule has 0 rings (SSSR count). The molecule has 0 radical (unpaired) electrons. The van der Waals surface area contributed by atoms with E-state index in [1.54, 1.807) is 12.2 Å². The predicted molar refractivity (Wildman–Crippen MR) is 103 cm³/mol. The first-order chi connectivity index (χ1) is 12.6. The molecule has 0 aliphatic carbocycles. The first kappa shape index (κ1) is 24.3. The second-order valence-corrected chi connectivity index (χ2v) is 6.23. The van der Waals surface area contributed by atoms with Gasteiger partial charge < -0.3 is 14.9 Å². The Labute approximate surface area is 157 Å². The van der Waals surface area contributed by atoms with Crippen molar-refractivity contribution in [2.45, 2.75) is 77.2 Å². The standard InChI is InChI=1S/C21H34O5/c1-2-3-4-5-6-7-8-9-10-11-12-13-14-15-16-17-20(24)26-21(25)19(23)18-22/h12-17,19,22-23H,2-11,18H2,1H3/b13-12+,15-14+,17-16+. The van der Waals surface area contributed by atoms with Gasteiger partial charge in [0, 0.05) is 6.08 Å². The number of rotatable bonds is 15. The number of ether oxygens (including phenoxy) is 1. The predicted octanol–water partition coefficient (Wildman–Crippen LogP) is 4.00. The molecule has 0 amide bonds. The number of carbonyl (C=O) groups excluding carboxylic acids is 2. The molecule has 0 aromatic carbocycles. The Kier molecular flexibility index (Phi) is 16.9. The smallest absolute Gasteiger partial charge is 0.345 e. The summed E-state index contributed by atoms with van der Waals surface area (Å²) in [5.74, 6) is -2.04. The van der Waals surface area contributed by atoms with E-state index in [9.17, 15) is 9.59 Å². The summed E-state index contributed by atoms with van der Waals surface area (Å²) >= 11 is 0. The first-order valence-electron chi connectivity index (χ1n) is 9.66. The molecular weight excluding hydrogens is 332 g/mol. The van der Waals surface area contributed by atoms with Gasteiger partial charge in [-0.1, -0.05) is 88.7 Å². The van der Waals surface area contributed by atoms with Crippen molar-refractivity contribution in [2.24, 2.45) is 0 Å². The van der Waals surface area contributed by atoms with Crippen molar-refractivity contribution < 1.29 is 24.5 Å². The zero-order valence-electron chi connectivity index (χ0n) is 15.9. The molecule has 0 aliphatic heterocycles. The van der Waals surface area contributed by atoms with Crippen LogP contribution in [0.15, 0.2) is 36.5 Å². The topological polar surface area (TPSA) is 83.8 Å². The molecule has 5 nitrogen and oxygen atoms in total. The van der Waals surface area contributed by atoms with Gasteiger partial charge in [-0.2, -0.15) is 0 Å². The van der Waals surface area contributed by atoms with Crippen LogP contribution in [0.25, 0.3) is 0 Å². The molecule has 0 bridgehead atoms. The SMILES string of the molecule is CCCCCCCCCCC/C=C/C=C/C=C/C(=O)OC(=O)C(O)CO. The summed E-state index contributed by atoms with van der Waals surface area (Å²) in [6.45, 7) is 1.46. The van der Waals surface area contributed by atoms with Crippen LogP contribution >= 0.6 is 0 Å². The molecule has 2 N–H and O–H groups in total. The third kappa shape index (κ3) is 15.8. The van der Waals surface area contributed by atoms with Gasteiger partial charge in [-0.3, -0.25) is 0 Å². The number of carbonyl (C=O) groups is 2. The molecular formula is C21H34O5. The fourth-order valence-electron chi connectivity index (χ4n) is 2.29. The lowest BCUT2D eigenvalue weighted by Crippen LogP contribution is -2.28. The zero-order valence-corrected chi connectivity index (χ0v) is 15.9. The first-order valence-corrected chi connectivity index (χ1v) is 9.66. The second-order valence-electron chi connectivity index (χ2n) is 6.23. The molecule has 0 heterocycles. The maximum atomic E-state index is 11.2. The number of allylic oxidation sites excluding steroid dienone is 5. The quantitative estimate of drug-likeness (QED) is 0.150. The van der Waals surface area contributed by atoms with Gasteiger partial charge in [0.05, 0.1) is 6.61 Å².